The molecule has 0 atom stereocenters. The van der Waals surface area contributed by atoms with E-state index in [-0.39, 0.29) is 17.1 Å². The summed E-state index contributed by atoms with van der Waals surface area (Å²) in [6.07, 6.45) is 1.72. The van der Waals surface area contributed by atoms with Gasteiger partial charge in [0, 0.05) is 27.9 Å². The molecule has 0 fully saturated rings. The lowest BCUT2D eigenvalue weighted by molar-refractivity contribution is 0.0990. The number of ketones is 2. The Kier molecular flexibility index (Phi) is 5.76. The average Bonchev–Trinajstić information content (AvgIpc) is 3.29. The van der Waals surface area contributed by atoms with Gasteiger partial charge in [-0.15, -0.1) is 0 Å². The van der Waals surface area contributed by atoms with Crippen molar-refractivity contribution in [1.29, 1.82) is 0 Å². The molecule has 3 heteroatoms. The minimum Gasteiger partial charge on any atom is -0.310 e. The number of allylic oxidation sites excluding steroid dienone is 1. The first-order chi connectivity index (χ1) is 21.1. The number of carbonyl (C=O) groups is 2. The number of benzene rings is 7. The number of carbonyl (C=O) groups excluding carboxylic acids is 2. The second-order valence-electron chi connectivity index (χ2n) is 10.9. The van der Waals surface area contributed by atoms with E-state index < -0.39 is 0 Å². The topological polar surface area (TPSA) is 37.4 Å². The van der Waals surface area contributed by atoms with Gasteiger partial charge in [0.2, 0.25) is 0 Å². The van der Waals surface area contributed by atoms with Crippen LogP contribution in [-0.2, 0) is 0 Å². The number of Topliss-reactive ketones (excluding diaryl/α,β-unsaturated/α-hetero) is 2. The minimum absolute atomic E-state index is 0.211. The molecule has 1 aliphatic rings. The Hall–Kier alpha value is -5.80. The van der Waals surface area contributed by atoms with Crippen molar-refractivity contribution in [2.45, 2.75) is 0 Å². The number of nitrogens with zero attached hydrogens (tertiary/aromatic N) is 1. The van der Waals surface area contributed by atoms with E-state index in [0.29, 0.717) is 11.1 Å². The average molecular weight is 552 g/mol. The first kappa shape index (κ1) is 25.0. The fourth-order valence-corrected chi connectivity index (χ4v) is 6.20. The van der Waals surface area contributed by atoms with Crippen LogP contribution in [0.25, 0.3) is 38.4 Å². The molecule has 0 aromatic heterocycles. The molecule has 3 nitrogen and oxygen atoms in total. The van der Waals surface area contributed by atoms with Crippen LogP contribution in [-0.4, -0.2) is 11.6 Å². The highest BCUT2D eigenvalue weighted by molar-refractivity contribution is 6.41. The predicted octanol–water partition coefficient (Wildman–Crippen LogP) is 10.1. The molecule has 0 N–H and O–H groups in total. The SMILES string of the molecule is O=C1C(=Cc2ccc3cc(N(c4ccc5ccccc5c4)c4cccc5ccccc45)ccc3c2)C(=O)c2ccccc21. The zero-order chi connectivity index (χ0) is 28.9. The van der Waals surface area contributed by atoms with E-state index in [1.807, 2.05) is 12.1 Å². The number of hydrogen-bond donors (Lipinski definition) is 0. The standard InChI is InChI=1S/C40H25NO2/c42-39-35-13-5-6-14-36(35)40(43)37(39)23-26-16-17-31-25-33(21-19-30(31)22-26)41(32-20-18-27-8-1-2-10-29(27)24-32)38-15-7-11-28-9-3-4-12-34(28)38/h1-25H. The zero-order valence-electron chi connectivity index (χ0n) is 23.2. The van der Waals surface area contributed by atoms with E-state index >= 15 is 0 Å². The van der Waals surface area contributed by atoms with Gasteiger partial charge in [-0.25, -0.2) is 0 Å². The minimum atomic E-state index is -0.211. The van der Waals surface area contributed by atoms with Crippen molar-refractivity contribution in [2.75, 3.05) is 4.90 Å². The maximum absolute atomic E-state index is 12.9. The fourth-order valence-electron chi connectivity index (χ4n) is 6.20. The molecule has 0 saturated heterocycles. The van der Waals surface area contributed by atoms with Crippen molar-refractivity contribution in [3.8, 4) is 0 Å². The van der Waals surface area contributed by atoms with E-state index in [2.05, 4.69) is 114 Å². The van der Waals surface area contributed by atoms with Gasteiger partial charge in [0.05, 0.1) is 11.3 Å². The molecule has 0 heterocycles. The molecule has 8 rings (SSSR count). The number of anilines is 3. The van der Waals surface area contributed by atoms with Crippen LogP contribution < -0.4 is 4.90 Å². The molecule has 7 aromatic rings. The Bertz CT molecular complexity index is 2250. The van der Waals surface area contributed by atoms with Gasteiger partial charge in [-0.2, -0.15) is 0 Å². The highest BCUT2D eigenvalue weighted by Crippen LogP contribution is 2.41. The van der Waals surface area contributed by atoms with Gasteiger partial charge in [0.1, 0.15) is 0 Å². The molecule has 7 aromatic carbocycles. The molecule has 0 bridgehead atoms. The van der Waals surface area contributed by atoms with E-state index in [1.165, 1.54) is 21.5 Å². The van der Waals surface area contributed by atoms with E-state index in [1.54, 1.807) is 30.3 Å². The normalized spacial score (nSPS) is 12.7. The summed E-state index contributed by atoms with van der Waals surface area (Å²) in [7, 11) is 0. The third-order valence-electron chi connectivity index (χ3n) is 8.32. The first-order valence-corrected chi connectivity index (χ1v) is 14.3. The van der Waals surface area contributed by atoms with Gasteiger partial charge >= 0.3 is 0 Å². The summed E-state index contributed by atoms with van der Waals surface area (Å²) in [6, 6.07) is 49.4. The van der Waals surface area contributed by atoms with Gasteiger partial charge in [-0.05, 0) is 75.0 Å². The zero-order valence-corrected chi connectivity index (χ0v) is 23.2. The molecular weight excluding hydrogens is 526 g/mol. The summed E-state index contributed by atoms with van der Waals surface area (Å²) >= 11 is 0. The highest BCUT2D eigenvalue weighted by Gasteiger charge is 2.32. The predicted molar refractivity (Wildman–Crippen MR) is 177 cm³/mol. The summed E-state index contributed by atoms with van der Waals surface area (Å²) in [5, 5.41) is 6.84. The number of fused-ring (bicyclic) bond motifs is 4. The lowest BCUT2D eigenvalue weighted by Crippen LogP contribution is -2.10. The summed E-state index contributed by atoms with van der Waals surface area (Å²) in [5.41, 5.74) is 5.22. The summed E-state index contributed by atoms with van der Waals surface area (Å²) in [6.45, 7) is 0. The van der Waals surface area contributed by atoms with Crippen molar-refractivity contribution < 1.29 is 9.59 Å². The second kappa shape index (κ2) is 9.93. The highest BCUT2D eigenvalue weighted by atomic mass is 16.2. The fraction of sp³-hybridized carbons (Fsp3) is 0. The van der Waals surface area contributed by atoms with Crippen LogP contribution in [0.2, 0.25) is 0 Å². The van der Waals surface area contributed by atoms with E-state index in [4.69, 9.17) is 0 Å². The molecule has 0 aliphatic heterocycles. The number of hydrogen-bond acceptors (Lipinski definition) is 3. The van der Waals surface area contributed by atoms with Gasteiger partial charge in [-0.3, -0.25) is 9.59 Å². The van der Waals surface area contributed by atoms with Crippen LogP contribution in [0, 0.1) is 0 Å². The molecule has 0 unspecified atom stereocenters. The smallest absolute Gasteiger partial charge is 0.197 e. The maximum Gasteiger partial charge on any atom is 0.197 e. The Labute approximate surface area is 248 Å². The monoisotopic (exact) mass is 551 g/mol. The third kappa shape index (κ3) is 4.22. The van der Waals surface area contributed by atoms with Crippen molar-refractivity contribution in [3.63, 3.8) is 0 Å². The van der Waals surface area contributed by atoms with Gasteiger partial charge in [0.25, 0.3) is 0 Å². The van der Waals surface area contributed by atoms with Crippen LogP contribution in [0.15, 0.2) is 151 Å². The van der Waals surface area contributed by atoms with Crippen LogP contribution in [0.5, 0.6) is 0 Å². The molecule has 43 heavy (non-hydrogen) atoms. The summed E-state index contributed by atoms with van der Waals surface area (Å²) < 4.78 is 0. The summed E-state index contributed by atoms with van der Waals surface area (Å²) in [4.78, 5) is 28.2. The van der Waals surface area contributed by atoms with Gasteiger partial charge < -0.3 is 4.90 Å². The largest absolute Gasteiger partial charge is 0.310 e. The van der Waals surface area contributed by atoms with Gasteiger partial charge in [0.15, 0.2) is 11.6 Å². The van der Waals surface area contributed by atoms with E-state index in [9.17, 15) is 9.59 Å². The molecular formula is C40H25NO2. The Morgan fingerprint density at radius 1 is 0.442 bits per heavy atom. The third-order valence-corrected chi connectivity index (χ3v) is 8.32. The first-order valence-electron chi connectivity index (χ1n) is 14.3. The lowest BCUT2D eigenvalue weighted by Gasteiger charge is -2.27. The lowest BCUT2D eigenvalue weighted by atomic mass is 10.0. The second-order valence-corrected chi connectivity index (χ2v) is 10.9. The summed E-state index contributed by atoms with van der Waals surface area (Å²) in [5.74, 6) is -0.422. The molecule has 0 spiro atoms. The van der Waals surface area contributed by atoms with Crippen LogP contribution in [0.1, 0.15) is 26.3 Å². The molecule has 0 radical (unpaired) electrons. The molecule has 1 aliphatic carbocycles. The van der Waals surface area contributed by atoms with Crippen LogP contribution in [0.4, 0.5) is 17.1 Å². The Morgan fingerprint density at radius 2 is 0.977 bits per heavy atom. The van der Waals surface area contributed by atoms with Crippen LogP contribution >= 0.6 is 0 Å². The molecule has 202 valence electrons. The quantitative estimate of drug-likeness (QED) is 0.161. The molecule has 0 saturated carbocycles. The van der Waals surface area contributed by atoms with Crippen LogP contribution in [0.3, 0.4) is 0 Å². The van der Waals surface area contributed by atoms with Gasteiger partial charge in [-0.1, -0.05) is 109 Å². The van der Waals surface area contributed by atoms with Crippen molar-refractivity contribution in [3.05, 3.63) is 168 Å². The van der Waals surface area contributed by atoms with Crippen molar-refractivity contribution >= 4 is 67.0 Å². The molecule has 0 amide bonds. The number of rotatable bonds is 4. The maximum atomic E-state index is 12.9. The van der Waals surface area contributed by atoms with Crippen molar-refractivity contribution in [1.82, 2.24) is 0 Å². The van der Waals surface area contributed by atoms with Crippen molar-refractivity contribution in [2.24, 2.45) is 0 Å². The Morgan fingerprint density at radius 3 is 1.72 bits per heavy atom. The van der Waals surface area contributed by atoms with E-state index in [0.717, 1.165) is 33.4 Å². The Balaban J connectivity index is 1.24.